The molecular weight excluding hydrogens is 926 g/mol. The van der Waals surface area contributed by atoms with Crippen molar-refractivity contribution in [1.29, 1.82) is 0 Å². The fourth-order valence-electron chi connectivity index (χ4n) is 8.64. The topological polar surface area (TPSA) is 206 Å². The Morgan fingerprint density at radius 2 is 1.85 bits per heavy atom. The molecule has 67 heavy (non-hydrogen) atoms. The number of fused-ring (bicyclic) bond motifs is 4. The summed E-state index contributed by atoms with van der Waals surface area (Å²) in [6.45, 7) is 10.2. The van der Waals surface area contributed by atoms with Crippen molar-refractivity contribution in [3.05, 3.63) is 70.5 Å². The summed E-state index contributed by atoms with van der Waals surface area (Å²) in [5.41, 5.74) is -0.730. The van der Waals surface area contributed by atoms with Crippen LogP contribution in [0.4, 0.5) is 10.5 Å². The number of nitrogens with one attached hydrogen (secondary N) is 2. The van der Waals surface area contributed by atoms with E-state index in [0.717, 1.165) is 16.0 Å². The second kappa shape index (κ2) is 21.4. The maximum absolute atomic E-state index is 14.3. The first-order valence-electron chi connectivity index (χ1n) is 22.3. The zero-order valence-corrected chi connectivity index (χ0v) is 41.8. The van der Waals surface area contributed by atoms with Gasteiger partial charge in [0.05, 0.1) is 25.3 Å². The molecule has 3 N–H and O–H groups in total. The first-order chi connectivity index (χ1) is 31.6. The molecule has 5 heterocycles. The van der Waals surface area contributed by atoms with Crippen LogP contribution in [0.2, 0.25) is 5.02 Å². The van der Waals surface area contributed by atoms with Gasteiger partial charge < -0.3 is 43.9 Å². The van der Waals surface area contributed by atoms with Crippen molar-refractivity contribution in [2.24, 2.45) is 5.92 Å². The highest BCUT2D eigenvalue weighted by Gasteiger charge is 2.68. The molecule has 0 aromatic heterocycles. The number of carbonyl (C=O) groups is 6. The van der Waals surface area contributed by atoms with Crippen molar-refractivity contribution >= 4 is 74.5 Å². The molecule has 6 amide bonds. The molecule has 17 nitrogen and oxygen atoms in total. The van der Waals surface area contributed by atoms with E-state index >= 15 is 0 Å². The van der Waals surface area contributed by atoms with Crippen LogP contribution in [0.1, 0.15) is 72.3 Å². The maximum Gasteiger partial charge on any atom is 0.409 e. The standard InChI is InChI=1S/C47H62ClN5O12S2/c1-27-11-10-12-35(62-9)47(60)26-33(64-44(59)50-47)28(2)43-46(65-43)25-34(63-36(46)24-41(58)52(7)31-22-30(21-27)23-32(61-8)42(31)48)29(3)51(6)38(55)15-17-45(4,5)67-66-20-18-49-37(54)16-19-53-39(56)13-14-40(53)57/h10-14,22-23,25,28-29,33,35-36,43,60H,15-21,24,26H2,1-9H3,(H,49,54)(H,50,59)/b12-10+,27-11+/t28-,29+,33+,35-,36+,43+,46+,47+/m1/s1. The molecule has 4 bridgehead atoms. The van der Waals surface area contributed by atoms with Crippen LogP contribution < -0.4 is 20.3 Å². The Kier molecular flexibility index (Phi) is 16.6. The van der Waals surface area contributed by atoms with Gasteiger partial charge in [-0.25, -0.2) is 4.79 Å². The minimum atomic E-state index is -1.82. The summed E-state index contributed by atoms with van der Waals surface area (Å²) in [5, 5.41) is 17.5. The number of epoxide rings is 1. The number of benzene rings is 1. The summed E-state index contributed by atoms with van der Waals surface area (Å²) >= 11 is 6.84. The van der Waals surface area contributed by atoms with E-state index in [1.165, 1.54) is 31.3 Å². The van der Waals surface area contributed by atoms with Crippen LogP contribution in [-0.2, 0) is 49.3 Å². The summed E-state index contributed by atoms with van der Waals surface area (Å²) in [6, 6.07) is 3.11. The second-order valence-electron chi connectivity index (χ2n) is 18.2. The fourth-order valence-corrected chi connectivity index (χ4v) is 11.4. The van der Waals surface area contributed by atoms with Gasteiger partial charge in [0.25, 0.3) is 11.8 Å². The Balaban J connectivity index is 1.14. The first-order valence-corrected chi connectivity index (χ1v) is 25.0. The van der Waals surface area contributed by atoms with Gasteiger partial charge in [0.15, 0.2) is 11.3 Å². The van der Waals surface area contributed by atoms with Gasteiger partial charge in [-0.3, -0.25) is 34.2 Å². The zero-order valence-electron chi connectivity index (χ0n) is 39.4. The maximum atomic E-state index is 14.3. The number of imide groups is 1. The van der Waals surface area contributed by atoms with E-state index in [-0.39, 0.29) is 59.7 Å². The molecule has 0 aliphatic carbocycles. The predicted octanol–water partition coefficient (Wildman–Crippen LogP) is 5.24. The van der Waals surface area contributed by atoms with Gasteiger partial charge in [0, 0.05) is 82.1 Å². The van der Waals surface area contributed by atoms with Crippen molar-refractivity contribution < 1.29 is 57.6 Å². The summed E-state index contributed by atoms with van der Waals surface area (Å²) in [7, 11) is 9.49. The van der Waals surface area contributed by atoms with Crippen molar-refractivity contribution in [3.63, 3.8) is 0 Å². The van der Waals surface area contributed by atoms with Gasteiger partial charge in [0.2, 0.25) is 17.7 Å². The monoisotopic (exact) mass is 987 g/mol. The van der Waals surface area contributed by atoms with E-state index in [1.807, 2.05) is 58.9 Å². The summed E-state index contributed by atoms with van der Waals surface area (Å²) in [6.07, 6.45) is 6.63. The van der Waals surface area contributed by atoms with Gasteiger partial charge in [-0.1, -0.05) is 63.9 Å². The van der Waals surface area contributed by atoms with Crippen LogP contribution in [-0.4, -0.2) is 144 Å². The third-order valence-electron chi connectivity index (χ3n) is 12.9. The molecule has 0 saturated carbocycles. The number of likely N-dealkylation sites (N-methyl/N-ethyl adjacent to an activating group) is 1. The number of amides is 6. The van der Waals surface area contributed by atoms with Crippen LogP contribution in [0.3, 0.4) is 0 Å². The Morgan fingerprint density at radius 1 is 1.13 bits per heavy atom. The third kappa shape index (κ3) is 12.0. The highest BCUT2D eigenvalue weighted by atomic mass is 35.5. The van der Waals surface area contributed by atoms with Crippen LogP contribution >= 0.6 is 33.2 Å². The normalized spacial score (nSPS) is 29.1. The lowest BCUT2D eigenvalue weighted by molar-refractivity contribution is -0.142. The average molecular weight is 989 g/mol. The van der Waals surface area contributed by atoms with Crippen molar-refractivity contribution in [2.75, 3.05) is 52.1 Å². The minimum Gasteiger partial charge on any atom is -0.495 e. The number of methoxy groups -OCH3 is 2. The predicted molar refractivity (Wildman–Crippen MR) is 255 cm³/mol. The molecule has 2 fully saturated rings. The number of hydrogen-bond acceptors (Lipinski definition) is 14. The highest BCUT2D eigenvalue weighted by molar-refractivity contribution is 8.77. The fraction of sp³-hybridized carbons (Fsp3) is 0.574. The van der Waals surface area contributed by atoms with E-state index in [9.17, 15) is 33.9 Å². The quantitative estimate of drug-likeness (QED) is 0.0891. The molecule has 1 aromatic rings. The lowest BCUT2D eigenvalue weighted by Crippen LogP contribution is -2.63. The molecule has 2 saturated heterocycles. The van der Waals surface area contributed by atoms with Crippen LogP contribution in [0, 0.1) is 5.92 Å². The molecule has 1 aromatic carbocycles. The lowest BCUT2D eigenvalue weighted by Gasteiger charge is -2.42. The largest absolute Gasteiger partial charge is 0.495 e. The van der Waals surface area contributed by atoms with Crippen LogP contribution in [0.25, 0.3) is 0 Å². The van der Waals surface area contributed by atoms with E-state index in [1.54, 1.807) is 52.7 Å². The number of hydrogen-bond donors (Lipinski definition) is 3. The molecule has 6 rings (SSSR count). The highest BCUT2D eigenvalue weighted by Crippen LogP contribution is 2.54. The van der Waals surface area contributed by atoms with Crippen molar-refractivity contribution in [2.45, 2.75) is 120 Å². The molecule has 0 radical (unpaired) electrons. The van der Waals surface area contributed by atoms with Gasteiger partial charge in [-0.15, -0.1) is 0 Å². The number of allylic oxidation sites excluding steroid dienone is 3. The van der Waals surface area contributed by atoms with Crippen molar-refractivity contribution in [1.82, 2.24) is 20.4 Å². The smallest absolute Gasteiger partial charge is 0.409 e. The Bertz CT molecular complexity index is 2220. The molecule has 0 unspecified atom stereocenters. The lowest BCUT2D eigenvalue weighted by atomic mass is 9.83. The number of aliphatic hydroxyl groups is 1. The molecule has 20 heteroatoms. The number of alkyl carbamates (subject to hydrolysis) is 1. The van der Waals surface area contributed by atoms with Gasteiger partial charge in [-0.2, -0.15) is 0 Å². The number of ether oxygens (including phenoxy) is 5. The Morgan fingerprint density at radius 3 is 2.54 bits per heavy atom. The summed E-state index contributed by atoms with van der Waals surface area (Å²) < 4.78 is 30.0. The van der Waals surface area contributed by atoms with Gasteiger partial charge >= 0.3 is 6.09 Å². The first kappa shape index (κ1) is 51.9. The Labute approximate surface area is 404 Å². The number of carbonyl (C=O) groups excluding carboxylic acids is 6. The van der Waals surface area contributed by atoms with E-state index in [0.29, 0.717) is 42.3 Å². The number of rotatable bonds is 15. The SMILES string of the molecule is COc1cc2cc(c1Cl)N(C)C(=O)C[C@@H]1OC([C@H](C)N(C)C(=O)CCC(C)(C)SSCCNC(=O)CCN3C(=O)C=CC3=O)=C[C@]13O[C@H]3[C@H](C)[C@@H]1C[C@@](O)(NC(=O)O1)[C@H](OC)/C=C/C=C(\C)C2. The third-order valence-corrected chi connectivity index (χ3v) is 16.6. The molecule has 5 aliphatic rings. The van der Waals surface area contributed by atoms with E-state index in [4.69, 9.17) is 35.3 Å². The van der Waals surface area contributed by atoms with Crippen molar-refractivity contribution in [3.8, 4) is 5.75 Å². The number of halogens is 1. The summed E-state index contributed by atoms with van der Waals surface area (Å²) in [5.74, 6) is -0.565. The van der Waals surface area contributed by atoms with Gasteiger partial charge in [0.1, 0.15) is 40.9 Å². The Hall–Kier alpha value is -4.53. The number of anilines is 1. The second-order valence-corrected chi connectivity index (χ2v) is 21.7. The van der Waals surface area contributed by atoms with Crippen LogP contribution in [0.15, 0.2) is 59.9 Å². The van der Waals surface area contributed by atoms with E-state index in [2.05, 4.69) is 10.6 Å². The average Bonchev–Trinajstić information content (AvgIpc) is 3.76. The van der Waals surface area contributed by atoms with Crippen LogP contribution in [0.5, 0.6) is 5.75 Å². The molecule has 1 spiro atoms. The molecule has 5 aliphatic heterocycles. The summed E-state index contributed by atoms with van der Waals surface area (Å²) in [4.78, 5) is 81.0. The van der Waals surface area contributed by atoms with E-state index < -0.39 is 65.6 Å². The zero-order chi connectivity index (χ0) is 49.0. The number of nitrogens with zero attached hydrogens (tertiary/aromatic N) is 3. The molecule has 8 atom stereocenters. The molecular formula is C47H62ClN5O12S2. The van der Waals surface area contributed by atoms with Gasteiger partial charge in [-0.05, 0) is 64.3 Å². The minimum absolute atomic E-state index is 0.0230. The molecule has 366 valence electrons.